The zero-order valence-electron chi connectivity index (χ0n) is 14.3. The van der Waals surface area contributed by atoms with Crippen LogP contribution in [-0.4, -0.2) is 35.4 Å². The summed E-state index contributed by atoms with van der Waals surface area (Å²) in [6, 6.07) is 0.224. The van der Waals surface area contributed by atoms with E-state index in [4.69, 9.17) is 0 Å². The largest absolute Gasteiger partial charge is 0.333 e. The van der Waals surface area contributed by atoms with Crippen molar-refractivity contribution in [3.63, 3.8) is 0 Å². The highest BCUT2D eigenvalue weighted by Crippen LogP contribution is 2.34. The minimum atomic E-state index is 0. The third-order valence-electron chi connectivity index (χ3n) is 5.24. The second-order valence-corrected chi connectivity index (χ2v) is 7.66. The minimum absolute atomic E-state index is 0. The van der Waals surface area contributed by atoms with Crippen molar-refractivity contribution in [1.82, 2.24) is 15.2 Å². The molecule has 2 saturated heterocycles. The zero-order valence-corrected chi connectivity index (χ0v) is 16.7. The molecule has 1 amide bonds. The van der Waals surface area contributed by atoms with Gasteiger partial charge in [-0.15, -0.1) is 36.2 Å². The van der Waals surface area contributed by atoms with Gasteiger partial charge in [-0.25, -0.2) is 4.98 Å². The molecule has 0 aromatic carbocycles. The van der Waals surface area contributed by atoms with Crippen LogP contribution in [0, 0.1) is 11.8 Å². The zero-order chi connectivity index (χ0) is 15.4. The number of piperidine rings is 2. The molecule has 2 aliphatic heterocycles. The Hall–Kier alpha value is -0.360. The molecule has 2 aliphatic rings. The fourth-order valence-corrected chi connectivity index (χ4v) is 4.64. The highest BCUT2D eigenvalue weighted by molar-refractivity contribution is 7.09. The van der Waals surface area contributed by atoms with E-state index in [0.717, 1.165) is 37.5 Å². The maximum absolute atomic E-state index is 12.8. The summed E-state index contributed by atoms with van der Waals surface area (Å²) in [7, 11) is 0. The molecule has 4 nitrogen and oxygen atoms in total. The smallest absolute Gasteiger partial charge is 0.223 e. The first kappa shape index (κ1) is 21.7. The first-order valence-corrected chi connectivity index (χ1v) is 9.53. The Morgan fingerprint density at radius 1 is 1.33 bits per heavy atom. The van der Waals surface area contributed by atoms with Crippen LogP contribution in [0.5, 0.6) is 0 Å². The van der Waals surface area contributed by atoms with E-state index in [2.05, 4.69) is 22.1 Å². The first-order chi connectivity index (χ1) is 10.8. The quantitative estimate of drug-likeness (QED) is 0.838. The van der Waals surface area contributed by atoms with Crippen LogP contribution in [0.3, 0.4) is 0 Å². The van der Waals surface area contributed by atoms with Gasteiger partial charge in [-0.05, 0) is 57.0 Å². The number of nitrogens with zero attached hydrogens (tertiary/aromatic N) is 2. The van der Waals surface area contributed by atoms with Gasteiger partial charge in [0.25, 0.3) is 0 Å². The Balaban J connectivity index is 0.00000144. The van der Waals surface area contributed by atoms with Crippen LogP contribution < -0.4 is 5.32 Å². The molecule has 7 heteroatoms. The number of likely N-dealkylation sites (tertiary alicyclic amines) is 1. The van der Waals surface area contributed by atoms with Crippen LogP contribution in [0.4, 0.5) is 0 Å². The summed E-state index contributed by atoms with van der Waals surface area (Å²) >= 11 is 1.68. The molecular weight excluding hydrogens is 365 g/mol. The van der Waals surface area contributed by atoms with Gasteiger partial charge in [0.1, 0.15) is 5.01 Å². The van der Waals surface area contributed by atoms with Gasteiger partial charge in [-0.1, -0.05) is 6.92 Å². The molecule has 24 heavy (non-hydrogen) atoms. The molecule has 0 radical (unpaired) electrons. The fourth-order valence-electron chi connectivity index (χ4n) is 3.86. The van der Waals surface area contributed by atoms with Crippen LogP contribution in [0.1, 0.15) is 56.5 Å². The maximum atomic E-state index is 12.8. The molecule has 1 aromatic heterocycles. The number of nitrogens with one attached hydrogen (secondary N) is 1. The van der Waals surface area contributed by atoms with Crippen molar-refractivity contribution < 1.29 is 4.79 Å². The summed E-state index contributed by atoms with van der Waals surface area (Å²) in [6.07, 6.45) is 8.39. The van der Waals surface area contributed by atoms with E-state index in [-0.39, 0.29) is 30.9 Å². The van der Waals surface area contributed by atoms with Crippen LogP contribution in [0.2, 0.25) is 0 Å². The number of hydrogen-bond acceptors (Lipinski definition) is 4. The van der Waals surface area contributed by atoms with E-state index in [1.54, 1.807) is 11.3 Å². The van der Waals surface area contributed by atoms with E-state index in [9.17, 15) is 4.79 Å². The Morgan fingerprint density at radius 2 is 2.08 bits per heavy atom. The first-order valence-electron chi connectivity index (χ1n) is 8.65. The number of thiazole rings is 1. The summed E-state index contributed by atoms with van der Waals surface area (Å²) in [4.78, 5) is 19.4. The Bertz CT molecular complexity index is 480. The number of carbonyl (C=O) groups is 1. The Kier molecular flexibility index (Phi) is 9.57. The summed E-state index contributed by atoms with van der Waals surface area (Å²) in [5.74, 6) is 1.53. The van der Waals surface area contributed by atoms with Crippen molar-refractivity contribution in [2.24, 2.45) is 11.8 Å². The van der Waals surface area contributed by atoms with Gasteiger partial charge < -0.3 is 10.2 Å². The number of amides is 1. The average Bonchev–Trinajstić information content (AvgIpc) is 3.10. The Morgan fingerprint density at radius 3 is 2.75 bits per heavy atom. The fraction of sp³-hybridized carbons (Fsp3) is 0.765. The van der Waals surface area contributed by atoms with Crippen LogP contribution in [0.25, 0.3) is 0 Å². The van der Waals surface area contributed by atoms with Gasteiger partial charge in [0.05, 0.1) is 6.04 Å². The van der Waals surface area contributed by atoms with Crippen molar-refractivity contribution in [1.29, 1.82) is 0 Å². The van der Waals surface area contributed by atoms with E-state index < -0.39 is 0 Å². The van der Waals surface area contributed by atoms with Gasteiger partial charge in [-0.3, -0.25) is 4.79 Å². The number of aromatic nitrogens is 1. The summed E-state index contributed by atoms with van der Waals surface area (Å²) in [6.45, 7) is 5.38. The lowest BCUT2D eigenvalue weighted by Crippen LogP contribution is -2.40. The molecule has 0 saturated carbocycles. The molecule has 1 N–H and O–H groups in total. The van der Waals surface area contributed by atoms with Crippen LogP contribution >= 0.6 is 36.2 Å². The molecule has 3 rings (SSSR count). The van der Waals surface area contributed by atoms with Crippen molar-refractivity contribution >= 4 is 42.1 Å². The lowest BCUT2D eigenvalue weighted by molar-refractivity contribution is -0.136. The average molecular weight is 394 g/mol. The molecule has 0 aliphatic carbocycles. The van der Waals surface area contributed by atoms with E-state index in [1.165, 1.54) is 19.3 Å². The Labute approximate surface area is 161 Å². The highest BCUT2D eigenvalue weighted by Gasteiger charge is 2.31. The molecule has 2 atom stereocenters. The van der Waals surface area contributed by atoms with Crippen molar-refractivity contribution in [3.8, 4) is 0 Å². The lowest BCUT2D eigenvalue weighted by atomic mass is 9.83. The molecule has 3 heterocycles. The van der Waals surface area contributed by atoms with Gasteiger partial charge in [-0.2, -0.15) is 0 Å². The van der Waals surface area contributed by atoms with Crippen LogP contribution in [-0.2, 0) is 4.79 Å². The number of carbonyl (C=O) groups excluding carboxylic acids is 1. The molecule has 2 unspecified atom stereocenters. The van der Waals surface area contributed by atoms with Gasteiger partial charge in [0.15, 0.2) is 0 Å². The standard InChI is InChI=1S/C17H27N3OS.2ClH/c1-13(14-5-7-18-8-6-14)12-16(21)20-10-3-2-4-15(20)17-19-9-11-22-17;;/h9,11,13-15,18H,2-8,10,12H2,1H3;2*1H. The number of halogens is 2. The van der Waals surface area contributed by atoms with Crippen molar-refractivity contribution in [2.75, 3.05) is 19.6 Å². The SMILES string of the molecule is CC(CC(=O)N1CCCCC1c1nccs1)C1CCNCC1.Cl.Cl. The predicted octanol–water partition coefficient (Wildman–Crippen LogP) is 4.07. The molecular formula is C17H29Cl2N3OS. The monoisotopic (exact) mass is 393 g/mol. The van der Waals surface area contributed by atoms with E-state index >= 15 is 0 Å². The molecule has 0 bridgehead atoms. The third-order valence-corrected chi connectivity index (χ3v) is 6.12. The topological polar surface area (TPSA) is 45.2 Å². The van der Waals surface area contributed by atoms with Crippen molar-refractivity contribution in [3.05, 3.63) is 16.6 Å². The van der Waals surface area contributed by atoms with Gasteiger partial charge >= 0.3 is 0 Å². The van der Waals surface area contributed by atoms with E-state index in [1.807, 2.05) is 11.6 Å². The van der Waals surface area contributed by atoms with Gasteiger partial charge in [0, 0.05) is 24.5 Å². The number of hydrogen-bond donors (Lipinski definition) is 1. The lowest BCUT2D eigenvalue weighted by Gasteiger charge is -2.36. The molecule has 2 fully saturated rings. The molecule has 1 aromatic rings. The van der Waals surface area contributed by atoms with E-state index in [0.29, 0.717) is 24.2 Å². The normalized spacial score (nSPS) is 23.0. The number of rotatable bonds is 4. The molecule has 0 spiro atoms. The third kappa shape index (κ3) is 5.32. The second-order valence-electron chi connectivity index (χ2n) is 6.74. The second kappa shape index (κ2) is 10.6. The maximum Gasteiger partial charge on any atom is 0.223 e. The predicted molar refractivity (Wildman–Crippen MR) is 104 cm³/mol. The molecule has 138 valence electrons. The van der Waals surface area contributed by atoms with Crippen LogP contribution in [0.15, 0.2) is 11.6 Å². The minimum Gasteiger partial charge on any atom is -0.333 e. The highest BCUT2D eigenvalue weighted by atomic mass is 35.5. The summed E-state index contributed by atoms with van der Waals surface area (Å²) in [5, 5.41) is 6.54. The van der Waals surface area contributed by atoms with Gasteiger partial charge in [0.2, 0.25) is 5.91 Å². The van der Waals surface area contributed by atoms with Crippen molar-refractivity contribution in [2.45, 2.75) is 51.5 Å². The summed E-state index contributed by atoms with van der Waals surface area (Å²) in [5.41, 5.74) is 0. The summed E-state index contributed by atoms with van der Waals surface area (Å²) < 4.78 is 0.